The monoisotopic (exact) mass is 412 g/mol. The molecule has 3 aromatic rings. The number of ether oxygens (including phenoxy) is 1. The van der Waals surface area contributed by atoms with Crippen molar-refractivity contribution < 1.29 is 9.53 Å². The first kappa shape index (κ1) is 22.0. The third-order valence-corrected chi connectivity index (χ3v) is 4.89. The van der Waals surface area contributed by atoms with Crippen LogP contribution in [0.1, 0.15) is 29.5 Å². The molecule has 1 aromatic heterocycles. The second kappa shape index (κ2) is 12.1. The summed E-state index contributed by atoms with van der Waals surface area (Å²) in [4.78, 5) is 16.3. The van der Waals surface area contributed by atoms with Gasteiger partial charge < -0.3 is 10.1 Å². The van der Waals surface area contributed by atoms with E-state index in [9.17, 15) is 4.79 Å². The first-order chi connectivity index (χ1) is 15.3. The van der Waals surface area contributed by atoms with Crippen LogP contribution in [0.25, 0.3) is 5.57 Å². The van der Waals surface area contributed by atoms with Crippen molar-refractivity contribution in [2.75, 3.05) is 13.7 Å². The van der Waals surface area contributed by atoms with E-state index in [4.69, 9.17) is 4.74 Å². The number of unbranched alkanes of at least 4 members (excludes halogenated alkanes) is 1. The number of amides is 1. The SMILES string of the molecule is COc1cccc(/C(=C\C=C\C(=O)NCCCCc2cccnc2)c2ccccc2)c1. The van der Waals surface area contributed by atoms with Crippen molar-refractivity contribution in [3.05, 3.63) is 114 Å². The maximum Gasteiger partial charge on any atom is 0.243 e. The van der Waals surface area contributed by atoms with Crippen LogP contribution in [-0.2, 0) is 11.2 Å². The minimum absolute atomic E-state index is 0.0873. The number of pyridine rings is 1. The lowest BCUT2D eigenvalue weighted by Crippen LogP contribution is -2.22. The number of aromatic nitrogens is 1. The van der Waals surface area contributed by atoms with Crippen molar-refractivity contribution >= 4 is 11.5 Å². The maximum absolute atomic E-state index is 12.2. The van der Waals surface area contributed by atoms with Gasteiger partial charge in [-0.25, -0.2) is 0 Å². The van der Waals surface area contributed by atoms with E-state index in [0.29, 0.717) is 6.54 Å². The van der Waals surface area contributed by atoms with E-state index in [0.717, 1.165) is 41.7 Å². The van der Waals surface area contributed by atoms with Gasteiger partial charge in [0.1, 0.15) is 5.75 Å². The van der Waals surface area contributed by atoms with Gasteiger partial charge in [0.2, 0.25) is 5.91 Å². The maximum atomic E-state index is 12.2. The Morgan fingerprint density at radius 2 is 1.84 bits per heavy atom. The zero-order valence-electron chi connectivity index (χ0n) is 17.8. The summed E-state index contributed by atoms with van der Waals surface area (Å²) in [5.74, 6) is 0.711. The summed E-state index contributed by atoms with van der Waals surface area (Å²) in [6.07, 6.45) is 11.9. The van der Waals surface area contributed by atoms with Crippen LogP contribution in [0.4, 0.5) is 0 Å². The Hall–Kier alpha value is -3.66. The molecule has 0 radical (unpaired) electrons. The van der Waals surface area contributed by atoms with Crippen molar-refractivity contribution in [1.82, 2.24) is 10.3 Å². The minimum Gasteiger partial charge on any atom is -0.497 e. The molecule has 4 heteroatoms. The Morgan fingerprint density at radius 1 is 1.00 bits per heavy atom. The third kappa shape index (κ3) is 7.27. The van der Waals surface area contributed by atoms with Crippen LogP contribution >= 0.6 is 0 Å². The Balaban J connectivity index is 1.57. The largest absolute Gasteiger partial charge is 0.497 e. The van der Waals surface area contributed by atoms with E-state index in [1.54, 1.807) is 25.5 Å². The highest BCUT2D eigenvalue weighted by Gasteiger charge is 2.05. The quantitative estimate of drug-likeness (QED) is 0.282. The molecule has 0 bridgehead atoms. The Morgan fingerprint density at radius 3 is 2.61 bits per heavy atom. The number of carbonyl (C=O) groups excluding carboxylic acids is 1. The predicted octanol–water partition coefficient (Wildman–Crippen LogP) is 5.22. The van der Waals surface area contributed by atoms with Gasteiger partial charge in [0.25, 0.3) is 0 Å². The Bertz CT molecular complexity index is 1010. The average molecular weight is 413 g/mol. The number of nitrogens with one attached hydrogen (secondary N) is 1. The summed E-state index contributed by atoms with van der Waals surface area (Å²) < 4.78 is 5.36. The third-order valence-electron chi connectivity index (χ3n) is 4.89. The van der Waals surface area contributed by atoms with E-state index in [2.05, 4.69) is 28.5 Å². The van der Waals surface area contributed by atoms with Gasteiger partial charge in [-0.2, -0.15) is 0 Å². The summed E-state index contributed by atoms with van der Waals surface area (Å²) in [6.45, 7) is 0.661. The van der Waals surface area contributed by atoms with Crippen LogP contribution < -0.4 is 10.1 Å². The van der Waals surface area contributed by atoms with Gasteiger partial charge in [0.15, 0.2) is 0 Å². The molecule has 0 saturated carbocycles. The van der Waals surface area contributed by atoms with E-state index in [1.807, 2.05) is 60.8 Å². The Kier molecular flexibility index (Phi) is 8.62. The molecule has 31 heavy (non-hydrogen) atoms. The molecule has 0 saturated heterocycles. The molecule has 0 aliphatic carbocycles. The summed E-state index contributed by atoms with van der Waals surface area (Å²) in [5, 5.41) is 2.95. The lowest BCUT2D eigenvalue weighted by molar-refractivity contribution is -0.116. The fourth-order valence-corrected chi connectivity index (χ4v) is 3.27. The van der Waals surface area contributed by atoms with Crippen LogP contribution in [0.2, 0.25) is 0 Å². The second-order valence-corrected chi connectivity index (χ2v) is 7.15. The second-order valence-electron chi connectivity index (χ2n) is 7.15. The number of aryl methyl sites for hydroxylation is 1. The molecule has 0 spiro atoms. The highest BCUT2D eigenvalue weighted by molar-refractivity contribution is 5.89. The van der Waals surface area contributed by atoms with Gasteiger partial charge in [-0.05, 0) is 59.7 Å². The van der Waals surface area contributed by atoms with Crippen LogP contribution in [0.5, 0.6) is 5.75 Å². The molecule has 2 aromatic carbocycles. The zero-order chi connectivity index (χ0) is 21.7. The standard InChI is InChI=1S/C27H28N2O2/c1-31-25-15-7-14-24(20-25)26(23-12-3-2-4-13-23)16-8-17-27(30)29-19-6-5-10-22-11-9-18-28-21-22/h2-4,7-9,11-18,20-21H,5-6,10,19H2,1H3,(H,29,30)/b17-8+,26-16-. The molecule has 4 nitrogen and oxygen atoms in total. The lowest BCUT2D eigenvalue weighted by atomic mass is 9.97. The van der Waals surface area contributed by atoms with E-state index in [-0.39, 0.29) is 5.91 Å². The van der Waals surface area contributed by atoms with Gasteiger partial charge in [0.05, 0.1) is 7.11 Å². The number of hydrogen-bond acceptors (Lipinski definition) is 3. The fraction of sp³-hybridized carbons (Fsp3) is 0.185. The number of benzene rings is 2. The number of carbonyl (C=O) groups is 1. The number of methoxy groups -OCH3 is 1. The van der Waals surface area contributed by atoms with Crippen molar-refractivity contribution in [3.8, 4) is 5.75 Å². The van der Waals surface area contributed by atoms with Gasteiger partial charge >= 0.3 is 0 Å². The molecule has 0 aliphatic heterocycles. The normalized spacial score (nSPS) is 11.5. The number of hydrogen-bond donors (Lipinski definition) is 1. The molecule has 0 aliphatic rings. The van der Waals surface area contributed by atoms with Crippen molar-refractivity contribution in [1.29, 1.82) is 0 Å². The van der Waals surface area contributed by atoms with Crippen LogP contribution in [0.3, 0.4) is 0 Å². The number of allylic oxidation sites excluding steroid dienone is 2. The molecular weight excluding hydrogens is 384 g/mol. The van der Waals surface area contributed by atoms with E-state index >= 15 is 0 Å². The molecule has 0 atom stereocenters. The van der Waals surface area contributed by atoms with Crippen LogP contribution in [-0.4, -0.2) is 24.5 Å². The number of rotatable bonds is 10. The highest BCUT2D eigenvalue weighted by atomic mass is 16.5. The van der Waals surface area contributed by atoms with Gasteiger partial charge in [-0.3, -0.25) is 9.78 Å². The molecule has 1 amide bonds. The lowest BCUT2D eigenvalue weighted by Gasteiger charge is -2.09. The summed E-state index contributed by atoms with van der Waals surface area (Å²) in [6, 6.07) is 22.1. The Labute approximate surface area is 184 Å². The van der Waals surface area contributed by atoms with Crippen molar-refractivity contribution in [2.45, 2.75) is 19.3 Å². The minimum atomic E-state index is -0.0873. The summed E-state index contributed by atoms with van der Waals surface area (Å²) >= 11 is 0. The highest BCUT2D eigenvalue weighted by Crippen LogP contribution is 2.26. The van der Waals surface area contributed by atoms with Gasteiger partial charge in [-0.15, -0.1) is 0 Å². The van der Waals surface area contributed by atoms with Crippen molar-refractivity contribution in [2.24, 2.45) is 0 Å². The molecule has 0 unspecified atom stereocenters. The fourth-order valence-electron chi connectivity index (χ4n) is 3.27. The molecule has 3 rings (SSSR count). The first-order valence-corrected chi connectivity index (χ1v) is 10.5. The van der Waals surface area contributed by atoms with E-state index in [1.165, 1.54) is 5.56 Å². The average Bonchev–Trinajstić information content (AvgIpc) is 2.83. The van der Waals surface area contributed by atoms with Gasteiger partial charge in [-0.1, -0.05) is 60.7 Å². The first-order valence-electron chi connectivity index (χ1n) is 10.5. The zero-order valence-corrected chi connectivity index (χ0v) is 17.8. The summed E-state index contributed by atoms with van der Waals surface area (Å²) in [5.41, 5.74) is 4.37. The number of nitrogens with zero attached hydrogens (tertiary/aromatic N) is 1. The molecule has 158 valence electrons. The molecular formula is C27H28N2O2. The van der Waals surface area contributed by atoms with E-state index < -0.39 is 0 Å². The summed E-state index contributed by atoms with van der Waals surface area (Å²) in [7, 11) is 1.66. The molecule has 1 N–H and O–H groups in total. The molecule has 0 fully saturated rings. The van der Waals surface area contributed by atoms with Crippen LogP contribution in [0.15, 0.2) is 97.4 Å². The van der Waals surface area contributed by atoms with Gasteiger partial charge in [0, 0.05) is 25.0 Å². The topological polar surface area (TPSA) is 51.2 Å². The molecule has 1 heterocycles. The smallest absolute Gasteiger partial charge is 0.243 e. The predicted molar refractivity (Wildman–Crippen MR) is 126 cm³/mol. The van der Waals surface area contributed by atoms with Crippen LogP contribution in [0, 0.1) is 0 Å². The van der Waals surface area contributed by atoms with Crippen molar-refractivity contribution in [3.63, 3.8) is 0 Å².